The highest BCUT2D eigenvalue weighted by atomic mass is 32.2. The molecule has 0 aromatic heterocycles. The Morgan fingerprint density at radius 3 is 1.71 bits per heavy atom. The molecule has 0 fully saturated rings. The highest BCUT2D eigenvalue weighted by Gasteiger charge is 2.17. The molecule has 150 valence electrons. The maximum atomic E-state index is 12.0. The number of anilines is 2. The van der Waals surface area contributed by atoms with Gasteiger partial charge in [-0.1, -0.05) is 0 Å². The SMILES string of the molecule is COC(=O)NS(=O)(=O)c1ccc(NC(=S)Nc2ccc(S(N)(=O)=O)cc2)cc1. The summed E-state index contributed by atoms with van der Waals surface area (Å²) in [6.45, 7) is 0. The lowest BCUT2D eigenvalue weighted by atomic mass is 10.3. The van der Waals surface area contributed by atoms with Crippen molar-refractivity contribution < 1.29 is 26.4 Å². The smallest absolute Gasteiger partial charge is 0.420 e. The van der Waals surface area contributed by atoms with Crippen molar-refractivity contribution in [2.75, 3.05) is 17.7 Å². The Bertz CT molecular complexity index is 1080. The van der Waals surface area contributed by atoms with Gasteiger partial charge in [0.2, 0.25) is 10.0 Å². The molecular weight excluding hydrogens is 428 g/mol. The molecule has 1 amide bonds. The van der Waals surface area contributed by atoms with E-state index in [4.69, 9.17) is 17.4 Å². The largest absolute Gasteiger partial charge is 0.452 e. The number of carbonyl (C=O) groups is 1. The number of nitrogens with two attached hydrogens (primary N) is 1. The van der Waals surface area contributed by atoms with E-state index in [0.29, 0.717) is 11.4 Å². The fourth-order valence-corrected chi connectivity index (χ4v) is 3.62. The van der Waals surface area contributed by atoms with Crippen LogP contribution in [-0.2, 0) is 24.8 Å². The van der Waals surface area contributed by atoms with E-state index in [1.165, 1.54) is 48.5 Å². The van der Waals surface area contributed by atoms with Crippen LogP contribution in [0.25, 0.3) is 0 Å². The monoisotopic (exact) mass is 444 g/mol. The molecule has 0 aliphatic carbocycles. The zero-order valence-electron chi connectivity index (χ0n) is 14.4. The minimum Gasteiger partial charge on any atom is -0.452 e. The van der Waals surface area contributed by atoms with Gasteiger partial charge in [-0.05, 0) is 60.7 Å². The molecule has 0 spiro atoms. The number of methoxy groups -OCH3 is 1. The predicted molar refractivity (Wildman–Crippen MR) is 107 cm³/mol. The number of thiocarbonyl (C=S) groups is 1. The zero-order chi connectivity index (χ0) is 20.9. The van der Waals surface area contributed by atoms with Gasteiger partial charge in [0, 0.05) is 11.4 Å². The first-order valence-corrected chi connectivity index (χ1v) is 10.9. The van der Waals surface area contributed by atoms with Crippen molar-refractivity contribution in [3.8, 4) is 0 Å². The number of primary sulfonamides is 1. The van der Waals surface area contributed by atoms with E-state index in [-0.39, 0.29) is 14.9 Å². The average Bonchev–Trinajstić information content (AvgIpc) is 2.61. The minimum atomic E-state index is -4.04. The van der Waals surface area contributed by atoms with Crippen molar-refractivity contribution >= 4 is 54.8 Å². The second-order valence-corrected chi connectivity index (χ2v) is 8.92. The molecule has 0 unspecified atom stereocenters. The Labute approximate surface area is 167 Å². The highest BCUT2D eigenvalue weighted by molar-refractivity contribution is 7.90. The van der Waals surface area contributed by atoms with Crippen LogP contribution in [0.2, 0.25) is 0 Å². The molecule has 0 aliphatic heterocycles. The van der Waals surface area contributed by atoms with Gasteiger partial charge in [0.05, 0.1) is 16.9 Å². The Morgan fingerprint density at radius 2 is 1.32 bits per heavy atom. The molecular formula is C15H16N4O6S3. The van der Waals surface area contributed by atoms with Crippen LogP contribution in [0, 0.1) is 0 Å². The third-order valence-corrected chi connectivity index (χ3v) is 5.73. The van der Waals surface area contributed by atoms with Crippen LogP contribution in [0.5, 0.6) is 0 Å². The van der Waals surface area contributed by atoms with E-state index in [9.17, 15) is 21.6 Å². The summed E-state index contributed by atoms with van der Waals surface area (Å²) in [5.74, 6) is 0. The van der Waals surface area contributed by atoms with Gasteiger partial charge in [0.15, 0.2) is 5.11 Å². The lowest BCUT2D eigenvalue weighted by Gasteiger charge is -2.11. The molecule has 2 rings (SSSR count). The van der Waals surface area contributed by atoms with E-state index in [1.54, 1.807) is 4.72 Å². The van der Waals surface area contributed by atoms with Crippen LogP contribution >= 0.6 is 12.2 Å². The third-order valence-electron chi connectivity index (χ3n) is 3.27. The first kappa shape index (κ1) is 21.6. The summed E-state index contributed by atoms with van der Waals surface area (Å²) in [7, 11) is -6.77. The van der Waals surface area contributed by atoms with Gasteiger partial charge in [-0.3, -0.25) is 0 Å². The minimum absolute atomic E-state index is 0.0331. The number of hydrogen-bond acceptors (Lipinski definition) is 7. The second kappa shape index (κ2) is 8.52. The molecule has 13 heteroatoms. The fraction of sp³-hybridized carbons (Fsp3) is 0.0667. The van der Waals surface area contributed by atoms with Gasteiger partial charge >= 0.3 is 6.09 Å². The molecule has 10 nitrogen and oxygen atoms in total. The molecule has 2 aromatic carbocycles. The molecule has 0 heterocycles. The number of sulfonamides is 2. The van der Waals surface area contributed by atoms with Crippen molar-refractivity contribution in [1.82, 2.24) is 4.72 Å². The quantitative estimate of drug-likeness (QED) is 0.497. The summed E-state index contributed by atoms with van der Waals surface area (Å²) in [6.07, 6.45) is -1.10. The number of hydrogen-bond donors (Lipinski definition) is 4. The van der Waals surface area contributed by atoms with E-state index in [2.05, 4.69) is 15.4 Å². The predicted octanol–water partition coefficient (Wildman–Crippen LogP) is 1.19. The van der Waals surface area contributed by atoms with E-state index in [0.717, 1.165) is 7.11 Å². The lowest BCUT2D eigenvalue weighted by molar-refractivity contribution is 0.177. The molecule has 0 saturated heterocycles. The molecule has 28 heavy (non-hydrogen) atoms. The molecule has 5 N–H and O–H groups in total. The van der Waals surface area contributed by atoms with Crippen LogP contribution in [0.3, 0.4) is 0 Å². The first-order valence-electron chi connectivity index (χ1n) is 7.43. The van der Waals surface area contributed by atoms with Gasteiger partial charge in [-0.15, -0.1) is 0 Å². The summed E-state index contributed by atoms with van der Waals surface area (Å²) in [6, 6.07) is 11.1. The molecule has 0 atom stereocenters. The summed E-state index contributed by atoms with van der Waals surface area (Å²) in [5.41, 5.74) is 1.00. The topological polar surface area (TPSA) is 157 Å². The van der Waals surface area contributed by atoms with Gasteiger partial charge in [-0.25, -0.2) is 31.5 Å². The van der Waals surface area contributed by atoms with Crippen molar-refractivity contribution in [3.05, 3.63) is 48.5 Å². The van der Waals surface area contributed by atoms with Gasteiger partial charge in [0.1, 0.15) is 0 Å². The van der Waals surface area contributed by atoms with Crippen molar-refractivity contribution in [1.29, 1.82) is 0 Å². The number of carbonyl (C=O) groups excluding carboxylic acids is 1. The highest BCUT2D eigenvalue weighted by Crippen LogP contribution is 2.16. The zero-order valence-corrected chi connectivity index (χ0v) is 16.8. The van der Waals surface area contributed by atoms with E-state index >= 15 is 0 Å². The number of benzene rings is 2. The molecule has 2 aromatic rings. The molecule has 0 bridgehead atoms. The van der Waals surface area contributed by atoms with Gasteiger partial charge in [0.25, 0.3) is 10.0 Å². The normalized spacial score (nSPS) is 11.4. The molecule has 0 aliphatic rings. The van der Waals surface area contributed by atoms with Crippen LogP contribution < -0.4 is 20.5 Å². The van der Waals surface area contributed by atoms with E-state index in [1.807, 2.05) is 0 Å². The Kier molecular flexibility index (Phi) is 6.56. The standard InChI is InChI=1S/C15H16N4O6S3/c1-25-15(20)19-28(23,24)13-8-4-11(5-9-13)18-14(26)17-10-2-6-12(7-3-10)27(16,21)22/h2-9H,1H3,(H,19,20)(H2,16,21,22)(H2,17,18,26). The molecule has 0 radical (unpaired) electrons. The van der Waals surface area contributed by atoms with Crippen LogP contribution in [0.1, 0.15) is 0 Å². The van der Waals surface area contributed by atoms with Crippen LogP contribution in [-0.4, -0.2) is 35.2 Å². The number of amides is 1. The average molecular weight is 445 g/mol. The lowest BCUT2D eigenvalue weighted by Crippen LogP contribution is -2.30. The van der Waals surface area contributed by atoms with Crippen molar-refractivity contribution in [2.24, 2.45) is 5.14 Å². The van der Waals surface area contributed by atoms with Crippen molar-refractivity contribution in [3.63, 3.8) is 0 Å². The summed E-state index contributed by atoms with van der Waals surface area (Å²) in [5, 5.41) is 10.9. The second-order valence-electron chi connectivity index (χ2n) is 5.27. The van der Waals surface area contributed by atoms with Crippen molar-refractivity contribution in [2.45, 2.75) is 9.79 Å². The maximum absolute atomic E-state index is 12.0. The Balaban J connectivity index is 2.02. The maximum Gasteiger partial charge on any atom is 0.420 e. The summed E-state index contributed by atoms with van der Waals surface area (Å²) >= 11 is 5.15. The van der Waals surface area contributed by atoms with E-state index < -0.39 is 26.1 Å². The number of rotatable bonds is 5. The number of ether oxygens (including phenoxy) is 1. The van der Waals surface area contributed by atoms with Gasteiger partial charge < -0.3 is 15.4 Å². The van der Waals surface area contributed by atoms with Crippen LogP contribution in [0.4, 0.5) is 16.2 Å². The van der Waals surface area contributed by atoms with Crippen LogP contribution in [0.15, 0.2) is 58.3 Å². The third kappa shape index (κ3) is 5.88. The Hall–Kier alpha value is -2.74. The first-order chi connectivity index (χ1) is 13.0. The summed E-state index contributed by atoms with van der Waals surface area (Å²) in [4.78, 5) is 10.9. The fourth-order valence-electron chi connectivity index (χ4n) is 1.95. The molecule has 0 saturated carbocycles. The number of nitrogens with one attached hydrogen (secondary N) is 3. The Morgan fingerprint density at radius 1 is 0.893 bits per heavy atom. The summed E-state index contributed by atoms with van der Waals surface area (Å²) < 4.78 is 52.4. The van der Waals surface area contributed by atoms with Gasteiger partial charge in [-0.2, -0.15) is 0 Å².